The molecule has 1 fully saturated rings. The Morgan fingerprint density at radius 1 is 1.10 bits per heavy atom. The van der Waals surface area contributed by atoms with Crippen molar-refractivity contribution < 1.29 is 23.8 Å². The van der Waals surface area contributed by atoms with Crippen LogP contribution in [-0.2, 0) is 16.0 Å². The zero-order valence-electron chi connectivity index (χ0n) is 23.3. The number of amides is 2. The third-order valence-electron chi connectivity index (χ3n) is 7.01. The molecule has 0 bridgehead atoms. The Morgan fingerprint density at radius 3 is 2.55 bits per heavy atom. The van der Waals surface area contributed by atoms with Gasteiger partial charge in [0.25, 0.3) is 0 Å². The highest BCUT2D eigenvalue weighted by molar-refractivity contribution is 5.95. The molecule has 210 valence electrons. The summed E-state index contributed by atoms with van der Waals surface area (Å²) >= 11 is 0. The maximum atomic E-state index is 13.3. The average molecular weight is 546 g/mol. The van der Waals surface area contributed by atoms with Crippen molar-refractivity contribution in [3.63, 3.8) is 0 Å². The van der Waals surface area contributed by atoms with Gasteiger partial charge in [0.2, 0.25) is 5.91 Å². The summed E-state index contributed by atoms with van der Waals surface area (Å²) in [6, 6.07) is 11.5. The molecule has 40 heavy (non-hydrogen) atoms. The van der Waals surface area contributed by atoms with E-state index >= 15 is 0 Å². The van der Waals surface area contributed by atoms with E-state index < -0.39 is 17.9 Å². The van der Waals surface area contributed by atoms with Gasteiger partial charge in [0.05, 0.1) is 18.3 Å². The van der Waals surface area contributed by atoms with E-state index in [0.29, 0.717) is 55.2 Å². The first-order valence-electron chi connectivity index (χ1n) is 13.4. The Balaban J connectivity index is 1.42. The molecule has 2 aliphatic heterocycles. The minimum atomic E-state index is -0.640. The first-order chi connectivity index (χ1) is 19.2. The Labute approximate surface area is 233 Å². The lowest BCUT2D eigenvalue weighted by molar-refractivity contribution is -0.127. The number of aromatic nitrogens is 2. The number of carbonyl (C=O) groups is 2. The molecule has 0 radical (unpaired) electrons. The van der Waals surface area contributed by atoms with Crippen molar-refractivity contribution in [3.05, 3.63) is 60.9 Å². The van der Waals surface area contributed by atoms with Crippen LogP contribution in [0.3, 0.4) is 0 Å². The van der Waals surface area contributed by atoms with Crippen molar-refractivity contribution >= 4 is 34.4 Å². The number of likely N-dealkylation sites (tertiary alicyclic amines) is 1. The first kappa shape index (κ1) is 27.2. The molecule has 1 unspecified atom stereocenters. The molecule has 5 rings (SSSR count). The predicted octanol–water partition coefficient (Wildman–Crippen LogP) is 4.93. The largest absolute Gasteiger partial charge is 0.493 e. The SMILES string of the molecule is C=CC(=O)N1CCC(Oc2cc3c(NC4Cc5ccccc5N4C(=O)OC(C)(C)C)ncnc3cc2OC)CC1. The third kappa shape index (κ3) is 5.66. The van der Waals surface area contributed by atoms with Gasteiger partial charge in [-0.05, 0) is 44.5 Å². The maximum absolute atomic E-state index is 13.3. The molecule has 1 N–H and O–H groups in total. The summed E-state index contributed by atoms with van der Waals surface area (Å²) in [6.45, 7) is 10.3. The van der Waals surface area contributed by atoms with E-state index in [1.807, 2.05) is 57.2 Å². The second-order valence-electron chi connectivity index (χ2n) is 10.9. The highest BCUT2D eigenvalue weighted by atomic mass is 16.6. The molecular formula is C30H35N5O5. The standard InChI is InChI=1S/C30H35N5O5/c1-6-27(36)34-13-11-20(12-14-34)39-25-16-21-22(17-24(25)38-5)31-18-32-28(21)33-26-15-19-9-7-8-10-23(19)35(26)29(37)40-30(2,3)4/h6-10,16-18,20,26H,1,11-15H2,2-5H3,(H,31,32,33). The number of hydrogen-bond donors (Lipinski definition) is 1. The molecule has 2 amide bonds. The van der Waals surface area contributed by atoms with E-state index in [0.717, 1.165) is 16.6 Å². The van der Waals surface area contributed by atoms with Crippen LogP contribution in [0.4, 0.5) is 16.3 Å². The van der Waals surface area contributed by atoms with Gasteiger partial charge in [-0.15, -0.1) is 0 Å². The summed E-state index contributed by atoms with van der Waals surface area (Å²) in [5.74, 6) is 1.63. The lowest BCUT2D eigenvalue weighted by Crippen LogP contribution is -2.45. The van der Waals surface area contributed by atoms with Crippen LogP contribution < -0.4 is 19.7 Å². The number of rotatable bonds is 6. The predicted molar refractivity (Wildman–Crippen MR) is 153 cm³/mol. The number of anilines is 2. The number of piperidine rings is 1. The number of ether oxygens (including phenoxy) is 3. The van der Waals surface area contributed by atoms with E-state index in [2.05, 4.69) is 21.9 Å². The number of nitrogens with zero attached hydrogens (tertiary/aromatic N) is 4. The molecular weight excluding hydrogens is 510 g/mol. The molecule has 0 aliphatic carbocycles. The van der Waals surface area contributed by atoms with Crippen LogP contribution in [0.2, 0.25) is 0 Å². The van der Waals surface area contributed by atoms with E-state index in [1.165, 1.54) is 12.4 Å². The summed E-state index contributed by atoms with van der Waals surface area (Å²) in [5.41, 5.74) is 1.88. The van der Waals surface area contributed by atoms with E-state index in [1.54, 1.807) is 16.9 Å². The number of para-hydroxylation sites is 1. The summed E-state index contributed by atoms with van der Waals surface area (Å²) in [4.78, 5) is 37.7. The Bertz CT molecular complexity index is 1430. The highest BCUT2D eigenvalue weighted by Crippen LogP contribution is 2.38. The fraction of sp³-hybridized carbons (Fsp3) is 0.400. The van der Waals surface area contributed by atoms with Crippen LogP contribution in [0, 0.1) is 0 Å². The smallest absolute Gasteiger partial charge is 0.416 e. The fourth-order valence-corrected chi connectivity index (χ4v) is 5.13. The molecule has 1 atom stereocenters. The van der Waals surface area contributed by atoms with Crippen LogP contribution in [-0.4, -0.2) is 64.9 Å². The minimum absolute atomic E-state index is 0.0657. The maximum Gasteiger partial charge on any atom is 0.416 e. The molecule has 1 aromatic heterocycles. The number of methoxy groups -OCH3 is 1. The number of fused-ring (bicyclic) bond motifs is 2. The number of nitrogens with one attached hydrogen (secondary N) is 1. The van der Waals surface area contributed by atoms with Crippen molar-refractivity contribution in [2.45, 2.75) is 57.9 Å². The molecule has 0 saturated carbocycles. The summed E-state index contributed by atoms with van der Waals surface area (Å²) in [6.07, 6.45) is 3.89. The lowest BCUT2D eigenvalue weighted by Gasteiger charge is -2.32. The Hall–Kier alpha value is -4.34. The molecule has 0 spiro atoms. The van der Waals surface area contributed by atoms with Gasteiger partial charge in [0, 0.05) is 43.8 Å². The van der Waals surface area contributed by atoms with Gasteiger partial charge in [-0.2, -0.15) is 0 Å². The molecule has 3 heterocycles. The summed E-state index contributed by atoms with van der Waals surface area (Å²) in [5, 5.41) is 4.20. The Morgan fingerprint density at radius 2 is 1.85 bits per heavy atom. The number of benzene rings is 2. The summed E-state index contributed by atoms with van der Waals surface area (Å²) < 4.78 is 17.8. The topological polar surface area (TPSA) is 106 Å². The van der Waals surface area contributed by atoms with Gasteiger partial charge in [-0.3, -0.25) is 9.69 Å². The highest BCUT2D eigenvalue weighted by Gasteiger charge is 2.37. The minimum Gasteiger partial charge on any atom is -0.493 e. The molecule has 10 heteroatoms. The molecule has 2 aliphatic rings. The van der Waals surface area contributed by atoms with Crippen LogP contribution in [0.5, 0.6) is 11.5 Å². The zero-order chi connectivity index (χ0) is 28.4. The van der Waals surface area contributed by atoms with Gasteiger partial charge in [-0.25, -0.2) is 14.8 Å². The first-order valence-corrected chi connectivity index (χ1v) is 13.4. The monoisotopic (exact) mass is 545 g/mol. The molecule has 1 saturated heterocycles. The van der Waals surface area contributed by atoms with Crippen molar-refractivity contribution in [1.82, 2.24) is 14.9 Å². The Kier molecular flexibility index (Phi) is 7.51. The van der Waals surface area contributed by atoms with Crippen LogP contribution in [0.1, 0.15) is 39.2 Å². The number of hydrogen-bond acceptors (Lipinski definition) is 8. The van der Waals surface area contributed by atoms with Gasteiger partial charge in [-0.1, -0.05) is 24.8 Å². The molecule has 3 aromatic rings. The van der Waals surface area contributed by atoms with E-state index in [9.17, 15) is 9.59 Å². The average Bonchev–Trinajstić information content (AvgIpc) is 3.30. The van der Waals surface area contributed by atoms with Gasteiger partial charge in [0.1, 0.15) is 30.0 Å². The van der Waals surface area contributed by atoms with Crippen LogP contribution in [0.25, 0.3) is 10.9 Å². The molecule has 2 aromatic carbocycles. The third-order valence-corrected chi connectivity index (χ3v) is 7.01. The van der Waals surface area contributed by atoms with Crippen molar-refractivity contribution in [2.75, 3.05) is 30.4 Å². The lowest BCUT2D eigenvalue weighted by atomic mass is 10.1. The molecule has 10 nitrogen and oxygen atoms in total. The van der Waals surface area contributed by atoms with Gasteiger partial charge < -0.3 is 24.4 Å². The second-order valence-corrected chi connectivity index (χ2v) is 10.9. The normalized spacial score (nSPS) is 17.4. The van der Waals surface area contributed by atoms with Crippen LogP contribution >= 0.6 is 0 Å². The quantitative estimate of drug-likeness (QED) is 0.435. The second kappa shape index (κ2) is 11.0. The summed E-state index contributed by atoms with van der Waals surface area (Å²) in [7, 11) is 1.59. The fourth-order valence-electron chi connectivity index (χ4n) is 5.13. The van der Waals surface area contributed by atoms with Crippen molar-refractivity contribution in [2.24, 2.45) is 0 Å². The van der Waals surface area contributed by atoms with E-state index in [-0.39, 0.29) is 12.0 Å². The van der Waals surface area contributed by atoms with E-state index in [4.69, 9.17) is 14.2 Å². The zero-order valence-corrected chi connectivity index (χ0v) is 23.3. The van der Waals surface area contributed by atoms with Gasteiger partial charge in [0.15, 0.2) is 11.5 Å². The van der Waals surface area contributed by atoms with Gasteiger partial charge >= 0.3 is 6.09 Å². The van der Waals surface area contributed by atoms with Crippen molar-refractivity contribution in [3.8, 4) is 11.5 Å². The van der Waals surface area contributed by atoms with Crippen molar-refractivity contribution in [1.29, 1.82) is 0 Å². The number of carbonyl (C=O) groups excluding carboxylic acids is 2. The van der Waals surface area contributed by atoms with Crippen LogP contribution in [0.15, 0.2) is 55.4 Å².